The second kappa shape index (κ2) is 15.4. The SMILES string of the molecule is CC(=O)N1CCn2c(C3CCOCC3)nc(-c3cccc4cc(-c5ccc(C(=O)NC/C=C\c6cccc7c6CN(C6CCC(=O)NC6=O)C7=O)nc5)ncc34)c2C1. The average Bonchev–Trinajstić information content (AvgIpc) is 3.80. The molecule has 4 aliphatic heterocycles. The number of fused-ring (bicyclic) bond motifs is 3. The van der Waals surface area contributed by atoms with Crippen LogP contribution < -0.4 is 10.6 Å². The van der Waals surface area contributed by atoms with E-state index in [0.717, 1.165) is 82.0 Å². The van der Waals surface area contributed by atoms with Crippen LogP contribution in [-0.2, 0) is 38.8 Å². The number of rotatable bonds is 8. The molecule has 5 aromatic rings. The molecule has 14 nitrogen and oxygen atoms in total. The molecule has 9 rings (SSSR count). The molecule has 7 heterocycles. The van der Waals surface area contributed by atoms with Crippen molar-refractivity contribution in [3.63, 3.8) is 0 Å². The van der Waals surface area contributed by atoms with Gasteiger partial charge < -0.3 is 24.4 Å². The largest absolute Gasteiger partial charge is 0.381 e. The van der Waals surface area contributed by atoms with E-state index in [9.17, 15) is 24.0 Å². The Kier molecular flexibility index (Phi) is 9.86. The van der Waals surface area contributed by atoms with Gasteiger partial charge in [-0.25, -0.2) is 4.98 Å². The van der Waals surface area contributed by atoms with Gasteiger partial charge >= 0.3 is 0 Å². The van der Waals surface area contributed by atoms with E-state index in [1.54, 1.807) is 37.4 Å². The van der Waals surface area contributed by atoms with Crippen LogP contribution in [-0.4, -0.2) is 91.2 Å². The first-order chi connectivity index (χ1) is 28.2. The Hall–Kier alpha value is -6.54. The smallest absolute Gasteiger partial charge is 0.270 e. The van der Waals surface area contributed by atoms with E-state index in [0.29, 0.717) is 37.5 Å². The molecule has 2 fully saturated rings. The van der Waals surface area contributed by atoms with Gasteiger partial charge in [0.25, 0.3) is 11.8 Å². The second-order valence-corrected chi connectivity index (χ2v) is 15.2. The number of imide groups is 1. The summed E-state index contributed by atoms with van der Waals surface area (Å²) in [5, 5.41) is 7.15. The number of piperidine rings is 1. The van der Waals surface area contributed by atoms with Crippen molar-refractivity contribution >= 4 is 46.4 Å². The molecule has 2 saturated heterocycles. The summed E-state index contributed by atoms with van der Waals surface area (Å²) in [6, 6.07) is 16.4. The van der Waals surface area contributed by atoms with Crippen molar-refractivity contribution in [3.05, 3.63) is 107 Å². The topological polar surface area (TPSA) is 169 Å². The molecule has 5 amide bonds. The number of benzene rings is 2. The Morgan fingerprint density at radius 1 is 0.948 bits per heavy atom. The fourth-order valence-electron chi connectivity index (χ4n) is 8.56. The van der Waals surface area contributed by atoms with Gasteiger partial charge in [-0.05, 0) is 60.0 Å². The zero-order chi connectivity index (χ0) is 39.9. The third kappa shape index (κ3) is 6.93. The van der Waals surface area contributed by atoms with Crippen LogP contribution in [0, 0.1) is 0 Å². The Balaban J connectivity index is 0.880. The number of amides is 5. The van der Waals surface area contributed by atoms with Crippen molar-refractivity contribution in [1.82, 2.24) is 40.0 Å². The number of imidazole rings is 1. The van der Waals surface area contributed by atoms with Gasteiger partial charge in [-0.3, -0.25) is 39.3 Å². The van der Waals surface area contributed by atoms with Crippen LogP contribution in [0.25, 0.3) is 39.4 Å². The first-order valence-electron chi connectivity index (χ1n) is 19.7. The normalized spacial score (nSPS) is 18.4. The summed E-state index contributed by atoms with van der Waals surface area (Å²) in [6.07, 6.45) is 9.50. The highest BCUT2D eigenvalue weighted by molar-refractivity contribution is 6.06. The van der Waals surface area contributed by atoms with E-state index in [4.69, 9.17) is 14.7 Å². The fourth-order valence-corrected chi connectivity index (χ4v) is 8.56. The van der Waals surface area contributed by atoms with Gasteiger partial charge in [0.1, 0.15) is 17.6 Å². The summed E-state index contributed by atoms with van der Waals surface area (Å²) in [4.78, 5) is 80.7. The minimum absolute atomic E-state index is 0.0532. The zero-order valence-corrected chi connectivity index (χ0v) is 32.1. The molecule has 1 atom stereocenters. The highest BCUT2D eigenvalue weighted by Crippen LogP contribution is 2.38. The molecule has 14 heteroatoms. The number of aromatic nitrogens is 4. The Bertz CT molecular complexity index is 2520. The van der Waals surface area contributed by atoms with E-state index in [-0.39, 0.29) is 48.8 Å². The number of ether oxygens (including phenoxy) is 1. The van der Waals surface area contributed by atoms with Crippen LogP contribution in [0.4, 0.5) is 0 Å². The fraction of sp³-hybridized carbons (Fsp3) is 0.318. The standard InChI is InChI=1S/C44H42N8O6/c1-26(53)50-17-18-51-38(25-50)40(49-41(51)28-14-19-58-20-15-28)31-8-3-6-29-21-36(47-23-33(29)31)30-10-11-35(46-22-30)42(55)45-16-4-7-27-5-2-9-32-34(27)24-52(44(32)57)37-12-13-39(54)48-43(37)56/h2-11,21-23,28,37H,12-20,24-25H2,1H3,(H,45,55)(H,48,54,56)/b7-4-. The number of nitrogens with one attached hydrogen (secondary N) is 2. The molecule has 0 bridgehead atoms. The summed E-state index contributed by atoms with van der Waals surface area (Å²) in [5.41, 5.74) is 6.80. The number of nitrogens with zero attached hydrogens (tertiary/aromatic N) is 6. The predicted octanol–water partition coefficient (Wildman–Crippen LogP) is 4.62. The van der Waals surface area contributed by atoms with Crippen LogP contribution in [0.3, 0.4) is 0 Å². The monoisotopic (exact) mass is 778 g/mol. The molecule has 0 aliphatic carbocycles. The van der Waals surface area contributed by atoms with E-state index in [2.05, 4.69) is 26.3 Å². The highest BCUT2D eigenvalue weighted by atomic mass is 16.5. The lowest BCUT2D eigenvalue weighted by atomic mass is 9.99. The lowest BCUT2D eigenvalue weighted by Crippen LogP contribution is -2.52. The Morgan fingerprint density at radius 2 is 1.78 bits per heavy atom. The molecule has 2 aromatic carbocycles. The van der Waals surface area contributed by atoms with E-state index in [1.807, 2.05) is 47.5 Å². The van der Waals surface area contributed by atoms with Crippen LogP contribution in [0.5, 0.6) is 0 Å². The minimum atomic E-state index is -0.686. The highest BCUT2D eigenvalue weighted by Gasteiger charge is 2.39. The third-order valence-electron chi connectivity index (χ3n) is 11.7. The van der Waals surface area contributed by atoms with Crippen molar-refractivity contribution in [2.75, 3.05) is 26.3 Å². The van der Waals surface area contributed by atoms with Crippen LogP contribution >= 0.6 is 0 Å². The quantitative estimate of drug-likeness (QED) is 0.214. The average molecular weight is 779 g/mol. The first kappa shape index (κ1) is 37.1. The molecule has 58 heavy (non-hydrogen) atoms. The van der Waals surface area contributed by atoms with Crippen molar-refractivity contribution in [2.24, 2.45) is 0 Å². The van der Waals surface area contributed by atoms with E-state index in [1.165, 1.54) is 4.90 Å². The Morgan fingerprint density at radius 3 is 2.57 bits per heavy atom. The number of hydrogen-bond donors (Lipinski definition) is 2. The second-order valence-electron chi connectivity index (χ2n) is 15.2. The summed E-state index contributed by atoms with van der Waals surface area (Å²) in [6.45, 7) is 5.44. The molecule has 1 unspecified atom stereocenters. The number of carbonyl (C=O) groups is 5. The minimum Gasteiger partial charge on any atom is -0.381 e. The van der Waals surface area contributed by atoms with Crippen LogP contribution in [0.1, 0.15) is 82.0 Å². The summed E-state index contributed by atoms with van der Waals surface area (Å²) < 4.78 is 7.97. The molecule has 3 aromatic heterocycles. The van der Waals surface area contributed by atoms with E-state index >= 15 is 0 Å². The predicted molar refractivity (Wildman–Crippen MR) is 214 cm³/mol. The van der Waals surface area contributed by atoms with Gasteiger partial charge in [0, 0.05) is 93.1 Å². The maximum atomic E-state index is 13.2. The summed E-state index contributed by atoms with van der Waals surface area (Å²) >= 11 is 0. The van der Waals surface area contributed by atoms with Crippen LogP contribution in [0.15, 0.2) is 73.1 Å². The molecule has 0 radical (unpaired) electrons. The van der Waals surface area contributed by atoms with Crippen molar-refractivity contribution in [3.8, 4) is 22.5 Å². The molecular weight excluding hydrogens is 737 g/mol. The van der Waals surface area contributed by atoms with Crippen molar-refractivity contribution in [1.29, 1.82) is 0 Å². The lowest BCUT2D eigenvalue weighted by Gasteiger charge is -2.30. The van der Waals surface area contributed by atoms with Gasteiger partial charge in [0.2, 0.25) is 17.7 Å². The summed E-state index contributed by atoms with van der Waals surface area (Å²) in [7, 11) is 0. The molecule has 4 aliphatic rings. The zero-order valence-electron chi connectivity index (χ0n) is 32.1. The number of pyridine rings is 2. The molecule has 2 N–H and O–H groups in total. The van der Waals surface area contributed by atoms with Crippen LogP contribution in [0.2, 0.25) is 0 Å². The van der Waals surface area contributed by atoms with Gasteiger partial charge in [0.05, 0.1) is 23.6 Å². The molecule has 0 spiro atoms. The summed E-state index contributed by atoms with van der Waals surface area (Å²) in [5.74, 6) is 0.0874. The van der Waals surface area contributed by atoms with Gasteiger partial charge in [-0.15, -0.1) is 0 Å². The maximum Gasteiger partial charge on any atom is 0.270 e. The lowest BCUT2D eigenvalue weighted by molar-refractivity contribution is -0.137. The maximum absolute atomic E-state index is 13.2. The Labute approximate surface area is 334 Å². The van der Waals surface area contributed by atoms with Gasteiger partial charge in [0.15, 0.2) is 0 Å². The number of hydrogen-bond acceptors (Lipinski definition) is 9. The van der Waals surface area contributed by atoms with Crippen molar-refractivity contribution in [2.45, 2.75) is 64.2 Å². The van der Waals surface area contributed by atoms with E-state index < -0.39 is 11.9 Å². The van der Waals surface area contributed by atoms with Gasteiger partial charge in [-0.1, -0.05) is 42.5 Å². The molecule has 0 saturated carbocycles. The van der Waals surface area contributed by atoms with Gasteiger partial charge in [-0.2, -0.15) is 0 Å². The first-order valence-corrected chi connectivity index (χ1v) is 19.7. The molecule has 294 valence electrons. The molecular formula is C44H42N8O6. The van der Waals surface area contributed by atoms with Crippen molar-refractivity contribution < 1.29 is 28.7 Å². The number of carbonyl (C=O) groups excluding carboxylic acids is 5. The third-order valence-corrected chi connectivity index (χ3v) is 11.7.